The summed E-state index contributed by atoms with van der Waals surface area (Å²) in [5.41, 5.74) is 0.630. The van der Waals surface area contributed by atoms with Gasteiger partial charge in [0.2, 0.25) is 5.12 Å². The number of hydrogen-bond donors (Lipinski definition) is 0. The monoisotopic (exact) mass is 328 g/mol. The lowest BCUT2D eigenvalue weighted by Crippen LogP contribution is -1.91. The van der Waals surface area contributed by atoms with Crippen LogP contribution < -0.4 is 0 Å². The van der Waals surface area contributed by atoms with Crippen molar-refractivity contribution in [1.29, 1.82) is 0 Å². The minimum Gasteiger partial charge on any atom is -0.279 e. The van der Waals surface area contributed by atoms with E-state index < -0.39 is 4.92 Å². The van der Waals surface area contributed by atoms with Gasteiger partial charge in [-0.15, -0.1) is 0 Å². The van der Waals surface area contributed by atoms with Crippen LogP contribution in [0, 0.1) is 10.1 Å². The minimum atomic E-state index is -0.558. The Labute approximate surface area is 128 Å². The number of benzene rings is 1. The van der Waals surface area contributed by atoms with Gasteiger partial charge in [0, 0.05) is 6.07 Å². The molecule has 1 aromatic carbocycles. The largest absolute Gasteiger partial charge is 0.288 e. The number of thioether (sulfide) groups is 2. The van der Waals surface area contributed by atoms with Crippen LogP contribution >= 0.6 is 35.1 Å². The van der Waals surface area contributed by atoms with E-state index in [-0.39, 0.29) is 15.8 Å². The molecule has 1 aliphatic rings. The van der Waals surface area contributed by atoms with Gasteiger partial charge < -0.3 is 0 Å². The van der Waals surface area contributed by atoms with Gasteiger partial charge in [0.15, 0.2) is 0 Å². The molecule has 0 unspecified atom stereocenters. The second kappa shape index (κ2) is 6.43. The van der Waals surface area contributed by atoms with E-state index in [1.54, 1.807) is 6.07 Å². The number of nitrogens with zero attached hydrogens (tertiary/aromatic N) is 2. The number of rotatable bonds is 3. The average molecular weight is 329 g/mol. The summed E-state index contributed by atoms with van der Waals surface area (Å²) in [7, 11) is 0. The van der Waals surface area contributed by atoms with Crippen molar-refractivity contribution >= 4 is 56.4 Å². The van der Waals surface area contributed by atoms with Crippen molar-refractivity contribution < 1.29 is 9.72 Å². The zero-order chi connectivity index (χ0) is 14.7. The summed E-state index contributed by atoms with van der Waals surface area (Å²) in [6.07, 6.45) is 1.53. The van der Waals surface area contributed by atoms with E-state index in [2.05, 4.69) is 4.99 Å². The fraction of sp³-hybridized carbons (Fsp3) is 0.167. The van der Waals surface area contributed by atoms with E-state index in [4.69, 9.17) is 11.6 Å². The number of halogens is 1. The topological polar surface area (TPSA) is 72.6 Å². The standard InChI is InChI=1S/C12H9ClN2O3S2/c1-2-19-12-14-9(11(16)20-12)5-7-3-4-8(13)10(6-7)15(17)18/h3-6H,2H2,1H3/b9-5-. The maximum Gasteiger partial charge on any atom is 0.288 e. The molecule has 0 atom stereocenters. The number of nitro groups is 1. The Bertz CT molecular complexity index is 644. The third-order valence-electron chi connectivity index (χ3n) is 2.34. The molecule has 0 aromatic heterocycles. The van der Waals surface area contributed by atoms with Crippen molar-refractivity contribution in [2.75, 3.05) is 5.75 Å². The van der Waals surface area contributed by atoms with E-state index in [9.17, 15) is 14.9 Å². The van der Waals surface area contributed by atoms with Gasteiger partial charge in [0.25, 0.3) is 5.69 Å². The van der Waals surface area contributed by atoms with Gasteiger partial charge in [-0.05, 0) is 35.2 Å². The molecule has 0 radical (unpaired) electrons. The molecule has 0 saturated heterocycles. The lowest BCUT2D eigenvalue weighted by atomic mass is 10.2. The maximum atomic E-state index is 11.8. The SMILES string of the molecule is CCSC1=N/C(=C\c2ccc(Cl)c([N+](=O)[O-])c2)C(=O)S1. The molecule has 104 valence electrons. The molecular formula is C12H9ClN2O3S2. The molecule has 0 aliphatic carbocycles. The number of hydrogen-bond acceptors (Lipinski definition) is 6. The third-order valence-corrected chi connectivity index (χ3v) is 4.55. The fourth-order valence-electron chi connectivity index (χ4n) is 1.49. The van der Waals surface area contributed by atoms with E-state index in [0.29, 0.717) is 15.6 Å². The number of nitro benzene ring substituents is 1. The highest BCUT2D eigenvalue weighted by molar-refractivity contribution is 8.45. The lowest BCUT2D eigenvalue weighted by Gasteiger charge is -1.97. The van der Waals surface area contributed by atoms with Gasteiger partial charge in [0.1, 0.15) is 15.1 Å². The Kier molecular flexibility index (Phi) is 4.85. The molecule has 8 heteroatoms. The van der Waals surface area contributed by atoms with Crippen LogP contribution in [0.15, 0.2) is 28.9 Å². The quantitative estimate of drug-likeness (QED) is 0.477. The first-order valence-corrected chi connectivity index (χ1v) is 7.78. The minimum absolute atomic E-state index is 0.0648. The lowest BCUT2D eigenvalue weighted by molar-refractivity contribution is -0.384. The predicted octanol–water partition coefficient (Wildman–Crippen LogP) is 3.97. The third kappa shape index (κ3) is 3.41. The zero-order valence-electron chi connectivity index (χ0n) is 10.3. The molecule has 20 heavy (non-hydrogen) atoms. The normalized spacial score (nSPS) is 16.6. The van der Waals surface area contributed by atoms with Gasteiger partial charge in [-0.3, -0.25) is 14.9 Å². The van der Waals surface area contributed by atoms with Crippen molar-refractivity contribution in [1.82, 2.24) is 0 Å². The Morgan fingerprint density at radius 1 is 1.55 bits per heavy atom. The molecule has 1 aromatic rings. The number of aliphatic imine (C=N–C) groups is 1. The van der Waals surface area contributed by atoms with Crippen LogP contribution in [0.3, 0.4) is 0 Å². The van der Waals surface area contributed by atoms with Crippen LogP contribution in [0.25, 0.3) is 6.08 Å². The molecule has 2 rings (SSSR count). The Balaban J connectivity index is 2.33. The second-order valence-corrected chi connectivity index (χ2v) is 6.58. The molecule has 0 bridgehead atoms. The molecule has 1 heterocycles. The number of carbonyl (C=O) groups is 1. The summed E-state index contributed by atoms with van der Waals surface area (Å²) in [4.78, 5) is 26.2. The Morgan fingerprint density at radius 3 is 2.95 bits per heavy atom. The summed E-state index contributed by atoms with van der Waals surface area (Å²) in [5, 5.41) is 10.7. The van der Waals surface area contributed by atoms with Crippen molar-refractivity contribution in [3.63, 3.8) is 0 Å². The summed E-state index contributed by atoms with van der Waals surface area (Å²) in [6.45, 7) is 1.97. The van der Waals surface area contributed by atoms with Crippen molar-refractivity contribution in [2.24, 2.45) is 4.99 Å². The van der Waals surface area contributed by atoms with E-state index in [0.717, 1.165) is 17.5 Å². The molecular weight excluding hydrogens is 320 g/mol. The second-order valence-electron chi connectivity index (χ2n) is 3.70. The number of carbonyl (C=O) groups excluding carboxylic acids is 1. The van der Waals surface area contributed by atoms with Gasteiger partial charge >= 0.3 is 0 Å². The van der Waals surface area contributed by atoms with Gasteiger partial charge in [-0.2, -0.15) is 0 Å². The zero-order valence-corrected chi connectivity index (χ0v) is 12.7. The molecule has 1 aliphatic heterocycles. The fourth-order valence-corrected chi connectivity index (χ4v) is 3.42. The first-order chi connectivity index (χ1) is 9.51. The van der Waals surface area contributed by atoms with Crippen LogP contribution in [0.2, 0.25) is 5.02 Å². The smallest absolute Gasteiger partial charge is 0.279 e. The summed E-state index contributed by atoms with van der Waals surface area (Å²) in [5.74, 6) is 0.832. The highest BCUT2D eigenvalue weighted by Crippen LogP contribution is 2.32. The Morgan fingerprint density at radius 2 is 2.30 bits per heavy atom. The van der Waals surface area contributed by atoms with Crippen LogP contribution in [-0.4, -0.2) is 20.2 Å². The average Bonchev–Trinajstić information content (AvgIpc) is 2.72. The van der Waals surface area contributed by atoms with Gasteiger partial charge in [0.05, 0.1) is 4.92 Å². The summed E-state index contributed by atoms with van der Waals surface area (Å²) < 4.78 is 0.701. The molecule has 0 amide bonds. The van der Waals surface area contributed by atoms with Crippen LogP contribution in [0.1, 0.15) is 12.5 Å². The van der Waals surface area contributed by atoms with E-state index >= 15 is 0 Å². The highest BCUT2D eigenvalue weighted by atomic mass is 35.5. The molecule has 5 nitrogen and oxygen atoms in total. The van der Waals surface area contributed by atoms with Crippen molar-refractivity contribution in [2.45, 2.75) is 6.92 Å². The van der Waals surface area contributed by atoms with E-state index in [1.807, 2.05) is 6.92 Å². The molecule has 0 saturated carbocycles. The van der Waals surface area contributed by atoms with Gasteiger partial charge in [-0.1, -0.05) is 36.4 Å². The van der Waals surface area contributed by atoms with Crippen LogP contribution in [0.5, 0.6) is 0 Å². The van der Waals surface area contributed by atoms with Gasteiger partial charge in [-0.25, -0.2) is 4.99 Å². The summed E-state index contributed by atoms with van der Waals surface area (Å²) in [6, 6.07) is 4.37. The first-order valence-electron chi connectivity index (χ1n) is 5.60. The highest BCUT2D eigenvalue weighted by Gasteiger charge is 2.22. The predicted molar refractivity (Wildman–Crippen MR) is 84.2 cm³/mol. The molecule has 0 N–H and O–H groups in total. The molecule has 0 fully saturated rings. The molecule has 0 spiro atoms. The maximum absolute atomic E-state index is 11.8. The summed E-state index contributed by atoms with van der Waals surface area (Å²) >= 11 is 8.30. The first kappa shape index (κ1) is 15.1. The van der Waals surface area contributed by atoms with Crippen molar-refractivity contribution in [3.8, 4) is 0 Å². The van der Waals surface area contributed by atoms with Crippen LogP contribution in [-0.2, 0) is 4.79 Å². The van der Waals surface area contributed by atoms with Crippen LogP contribution in [0.4, 0.5) is 5.69 Å². The van der Waals surface area contributed by atoms with E-state index in [1.165, 1.54) is 30.0 Å². The van der Waals surface area contributed by atoms with Crippen molar-refractivity contribution in [3.05, 3.63) is 44.6 Å². The Hall–Kier alpha value is -1.31.